The van der Waals surface area contributed by atoms with Crippen LogP contribution < -0.4 is 58.2 Å². The van der Waals surface area contributed by atoms with Gasteiger partial charge in [-0.2, -0.15) is 0 Å². The van der Waals surface area contributed by atoms with E-state index in [2.05, 4.69) is 4.98 Å². The standard InChI is InChI=1S/C14H16N2O3.Rb/c1-9-3-5-11(6-4-9)14-16-12(10(2)19-14)7-18-8-13(15)17;/h3-6H,7-8H2,1-2H3,(H2,15,17);/q;+1/p-1. The Kier molecular flexibility index (Phi) is 7.26. The molecule has 0 radical (unpaired) electrons. The number of oxazole rings is 1. The minimum Gasteiger partial charge on any atom is -0.666 e. The summed E-state index contributed by atoms with van der Waals surface area (Å²) in [6.07, 6.45) is 0. The Morgan fingerprint density at radius 2 is 1.95 bits per heavy atom. The van der Waals surface area contributed by atoms with Gasteiger partial charge >= 0.3 is 58.2 Å². The third kappa shape index (κ3) is 4.89. The number of hydrogen-bond donors (Lipinski definition) is 0. The first-order valence-corrected chi connectivity index (χ1v) is 5.92. The minimum atomic E-state index is -0.750. The van der Waals surface area contributed by atoms with Gasteiger partial charge in [-0.3, -0.25) is 0 Å². The second-order valence-corrected chi connectivity index (χ2v) is 4.30. The largest absolute Gasteiger partial charge is 1.00 e. The Bertz CT molecular complexity index is 579. The van der Waals surface area contributed by atoms with Crippen molar-refractivity contribution in [2.75, 3.05) is 6.61 Å². The number of carbonyl (C=O) groups is 1. The average Bonchev–Trinajstić information content (AvgIpc) is 2.71. The van der Waals surface area contributed by atoms with E-state index in [-0.39, 0.29) is 71.4 Å². The molecule has 1 aromatic heterocycles. The summed E-state index contributed by atoms with van der Waals surface area (Å²) in [5.41, 5.74) is 9.47. The zero-order valence-corrected chi connectivity index (χ0v) is 16.8. The van der Waals surface area contributed by atoms with Gasteiger partial charge in [0.15, 0.2) is 0 Å². The van der Waals surface area contributed by atoms with E-state index < -0.39 is 5.91 Å². The summed E-state index contributed by atoms with van der Waals surface area (Å²) in [6, 6.07) is 7.87. The fourth-order valence-corrected chi connectivity index (χ4v) is 1.62. The molecule has 6 heteroatoms. The fourth-order valence-electron chi connectivity index (χ4n) is 1.62. The number of ether oxygens (including phenoxy) is 1. The first-order chi connectivity index (χ1) is 9.06. The summed E-state index contributed by atoms with van der Waals surface area (Å²) in [5, 5.41) is 0. The van der Waals surface area contributed by atoms with Crippen LogP contribution in [-0.2, 0) is 16.1 Å². The molecule has 0 aliphatic rings. The first-order valence-electron chi connectivity index (χ1n) is 5.92. The van der Waals surface area contributed by atoms with Crippen LogP contribution in [0.15, 0.2) is 28.7 Å². The van der Waals surface area contributed by atoms with Crippen molar-refractivity contribution in [3.63, 3.8) is 0 Å². The van der Waals surface area contributed by atoms with Gasteiger partial charge in [-0.1, -0.05) is 17.7 Å². The smallest absolute Gasteiger partial charge is 0.666 e. The van der Waals surface area contributed by atoms with Crippen LogP contribution in [0.1, 0.15) is 17.0 Å². The summed E-state index contributed by atoms with van der Waals surface area (Å²) in [4.78, 5) is 14.8. The van der Waals surface area contributed by atoms with Crippen LogP contribution in [0.4, 0.5) is 0 Å². The van der Waals surface area contributed by atoms with E-state index in [4.69, 9.17) is 14.9 Å². The quantitative estimate of drug-likeness (QED) is 0.768. The zero-order valence-electron chi connectivity index (χ0n) is 11.9. The number of nitrogens with one attached hydrogen (secondary N) is 1. The van der Waals surface area contributed by atoms with Crippen LogP contribution in [0.2, 0.25) is 0 Å². The Morgan fingerprint density at radius 1 is 1.30 bits per heavy atom. The first kappa shape index (κ1) is 17.7. The molecule has 5 nitrogen and oxygen atoms in total. The summed E-state index contributed by atoms with van der Waals surface area (Å²) >= 11 is 0. The van der Waals surface area contributed by atoms with Crippen LogP contribution >= 0.6 is 0 Å². The molecule has 2 aromatic rings. The van der Waals surface area contributed by atoms with Crippen LogP contribution in [0.5, 0.6) is 0 Å². The number of rotatable bonds is 5. The minimum absolute atomic E-state index is 0. The zero-order chi connectivity index (χ0) is 13.8. The van der Waals surface area contributed by atoms with Gasteiger partial charge < -0.3 is 19.7 Å². The predicted molar refractivity (Wildman–Crippen MR) is 70.4 cm³/mol. The van der Waals surface area contributed by atoms with E-state index in [0.29, 0.717) is 17.3 Å². The van der Waals surface area contributed by atoms with E-state index in [1.165, 1.54) is 5.56 Å². The fraction of sp³-hybridized carbons (Fsp3) is 0.286. The molecule has 0 fully saturated rings. The molecular weight excluding hydrogens is 330 g/mol. The normalized spacial score (nSPS) is 10.1. The third-order valence-corrected chi connectivity index (χ3v) is 2.66. The molecule has 20 heavy (non-hydrogen) atoms. The molecule has 1 N–H and O–H groups in total. The monoisotopic (exact) mass is 344 g/mol. The van der Waals surface area contributed by atoms with E-state index in [1.54, 1.807) is 6.92 Å². The van der Waals surface area contributed by atoms with Crippen molar-refractivity contribution in [2.24, 2.45) is 0 Å². The predicted octanol–water partition coefficient (Wildman–Crippen LogP) is 0.0578. The van der Waals surface area contributed by atoms with Crippen molar-refractivity contribution in [1.29, 1.82) is 0 Å². The summed E-state index contributed by atoms with van der Waals surface area (Å²) < 4.78 is 10.6. The Balaban J connectivity index is 0.00000200. The maximum Gasteiger partial charge on any atom is 1.00 e. The Morgan fingerprint density at radius 3 is 2.55 bits per heavy atom. The number of aryl methyl sites for hydroxylation is 2. The molecule has 1 heterocycles. The summed E-state index contributed by atoms with van der Waals surface area (Å²) in [7, 11) is 0. The van der Waals surface area contributed by atoms with E-state index >= 15 is 0 Å². The molecular formula is C14H15N2O3Rb. The average molecular weight is 345 g/mol. The molecule has 0 spiro atoms. The molecule has 1 aromatic carbocycles. The van der Waals surface area contributed by atoms with Gasteiger partial charge in [0.25, 0.3) is 0 Å². The molecule has 0 saturated heterocycles. The molecule has 0 unspecified atom stereocenters. The maximum absolute atomic E-state index is 10.5. The van der Waals surface area contributed by atoms with Crippen molar-refractivity contribution in [1.82, 2.24) is 4.98 Å². The molecule has 0 saturated carbocycles. The van der Waals surface area contributed by atoms with Gasteiger partial charge in [-0.15, -0.1) is 0 Å². The number of carbonyl (C=O) groups excluding carboxylic acids is 1. The van der Waals surface area contributed by atoms with Gasteiger partial charge in [0.2, 0.25) is 5.89 Å². The number of aromatic nitrogens is 1. The van der Waals surface area contributed by atoms with Gasteiger partial charge in [0.05, 0.1) is 19.1 Å². The van der Waals surface area contributed by atoms with Gasteiger partial charge in [-0.25, -0.2) is 4.98 Å². The van der Waals surface area contributed by atoms with Crippen LogP contribution in [0.25, 0.3) is 17.2 Å². The van der Waals surface area contributed by atoms with E-state index in [1.807, 2.05) is 31.2 Å². The third-order valence-electron chi connectivity index (χ3n) is 2.66. The topological polar surface area (TPSA) is 76.1 Å². The van der Waals surface area contributed by atoms with Gasteiger partial charge in [0, 0.05) is 5.56 Å². The van der Waals surface area contributed by atoms with Crippen molar-refractivity contribution in [2.45, 2.75) is 20.5 Å². The molecule has 2 rings (SSSR count). The van der Waals surface area contributed by atoms with Gasteiger partial charge in [0.1, 0.15) is 11.5 Å². The number of amides is 1. The van der Waals surface area contributed by atoms with Crippen molar-refractivity contribution in [3.05, 3.63) is 47.0 Å². The Hall–Kier alpha value is -0.335. The van der Waals surface area contributed by atoms with Crippen LogP contribution in [-0.4, -0.2) is 17.5 Å². The van der Waals surface area contributed by atoms with E-state index in [0.717, 1.165) is 5.56 Å². The second kappa shape index (κ2) is 8.19. The molecule has 0 atom stereocenters. The second-order valence-electron chi connectivity index (χ2n) is 4.30. The van der Waals surface area contributed by atoms with Crippen LogP contribution in [0.3, 0.4) is 0 Å². The van der Waals surface area contributed by atoms with Crippen LogP contribution in [0, 0.1) is 13.8 Å². The van der Waals surface area contributed by atoms with Gasteiger partial charge in [-0.05, 0) is 26.0 Å². The van der Waals surface area contributed by atoms with Crippen molar-refractivity contribution in [3.8, 4) is 11.5 Å². The van der Waals surface area contributed by atoms with Crippen molar-refractivity contribution >= 4 is 5.91 Å². The summed E-state index contributed by atoms with van der Waals surface area (Å²) in [6.45, 7) is 3.76. The van der Waals surface area contributed by atoms with Crippen molar-refractivity contribution < 1.29 is 72.1 Å². The SMILES string of the molecule is Cc1ccc(-c2nc(COCC([NH-])=O)c(C)o2)cc1.[Rb+]. The molecule has 1 amide bonds. The number of benzene rings is 1. The Labute approximate surface area is 166 Å². The number of nitrogens with zero attached hydrogens (tertiary/aromatic N) is 1. The molecule has 0 aliphatic heterocycles. The molecule has 100 valence electrons. The molecule has 0 aliphatic carbocycles. The van der Waals surface area contributed by atoms with E-state index in [9.17, 15) is 4.79 Å². The maximum atomic E-state index is 10.5. The number of hydrogen-bond acceptors (Lipinski definition) is 4. The molecule has 0 bridgehead atoms. The summed E-state index contributed by atoms with van der Waals surface area (Å²) in [5.74, 6) is 0.446.